The van der Waals surface area contributed by atoms with Crippen molar-refractivity contribution in [1.82, 2.24) is 0 Å². The van der Waals surface area contributed by atoms with E-state index >= 15 is 0 Å². The lowest BCUT2D eigenvalue weighted by molar-refractivity contribution is -0.151. The van der Waals surface area contributed by atoms with Crippen molar-refractivity contribution in [2.75, 3.05) is 13.7 Å². The number of esters is 1. The molecule has 1 aromatic carbocycles. The van der Waals surface area contributed by atoms with Crippen LogP contribution in [-0.4, -0.2) is 39.2 Å². The Morgan fingerprint density at radius 1 is 1.22 bits per heavy atom. The van der Waals surface area contributed by atoms with Crippen LogP contribution in [0.15, 0.2) is 29.8 Å². The minimum absolute atomic E-state index is 0.0519. The van der Waals surface area contributed by atoms with Gasteiger partial charge >= 0.3 is 5.97 Å². The van der Waals surface area contributed by atoms with Gasteiger partial charge in [0.05, 0.1) is 7.11 Å². The smallest absolute Gasteiger partial charge is 0.342 e. The maximum atomic E-state index is 13.0. The van der Waals surface area contributed by atoms with Crippen molar-refractivity contribution in [2.45, 2.75) is 51.6 Å². The lowest BCUT2D eigenvalue weighted by Crippen LogP contribution is -2.46. The third-order valence-electron chi connectivity index (χ3n) is 3.67. The number of rotatable bonds is 5. The molecule has 0 bridgehead atoms. The fourth-order valence-corrected chi connectivity index (χ4v) is 4.02. The number of benzene rings is 1. The highest BCUT2D eigenvalue weighted by Crippen LogP contribution is 2.41. The van der Waals surface area contributed by atoms with Gasteiger partial charge in [-0.15, -0.1) is 0 Å². The van der Waals surface area contributed by atoms with Crippen molar-refractivity contribution >= 4 is 20.0 Å². The predicted octanol–water partition coefficient (Wildman–Crippen LogP) is 3.89. The minimum atomic E-state index is -2.17. The zero-order valence-electron chi connectivity index (χ0n) is 17.0. The molecule has 0 amide bonds. The van der Waals surface area contributed by atoms with Gasteiger partial charge in [-0.1, -0.05) is 0 Å². The fraction of sp³-hybridized carbons (Fsp3) is 0.500. The van der Waals surface area contributed by atoms with E-state index in [4.69, 9.17) is 18.6 Å². The van der Waals surface area contributed by atoms with Crippen LogP contribution < -0.4 is 4.74 Å². The molecule has 1 unspecified atom stereocenters. The van der Waals surface area contributed by atoms with Crippen LogP contribution >= 0.6 is 0 Å². The van der Waals surface area contributed by atoms with Crippen molar-refractivity contribution in [3.63, 3.8) is 0 Å². The summed E-state index contributed by atoms with van der Waals surface area (Å²) in [5.74, 6) is 0.387. The van der Waals surface area contributed by atoms with E-state index in [-0.39, 0.29) is 12.2 Å². The third-order valence-corrected chi connectivity index (χ3v) is 4.63. The van der Waals surface area contributed by atoms with Crippen LogP contribution in [-0.2, 0) is 18.7 Å². The molecule has 0 aliphatic carbocycles. The van der Waals surface area contributed by atoms with Gasteiger partial charge in [0.1, 0.15) is 35.4 Å². The van der Waals surface area contributed by atoms with Crippen molar-refractivity contribution in [1.29, 1.82) is 5.26 Å². The number of hydrogen-bond acceptors (Lipinski definition) is 6. The van der Waals surface area contributed by atoms with Crippen molar-refractivity contribution in [2.24, 2.45) is 0 Å². The quantitative estimate of drug-likeness (QED) is 0.561. The summed E-state index contributed by atoms with van der Waals surface area (Å²) < 4.78 is 22.7. The first-order valence-electron chi connectivity index (χ1n) is 8.77. The molecule has 0 fully saturated rings. The zero-order valence-corrected chi connectivity index (χ0v) is 18.0. The molecule has 0 saturated carbocycles. The van der Waals surface area contributed by atoms with E-state index < -0.39 is 25.5 Å². The highest BCUT2D eigenvalue weighted by molar-refractivity contribution is 6.70. The maximum Gasteiger partial charge on any atom is 0.342 e. The number of ether oxygens (including phenoxy) is 3. The number of carbonyl (C=O) groups excluding carboxylic acids is 1. The molecule has 6 nitrogen and oxygen atoms in total. The van der Waals surface area contributed by atoms with Crippen LogP contribution in [0, 0.1) is 11.3 Å². The molecule has 1 heterocycles. The molecule has 1 atom stereocenters. The number of hydrogen-bond donors (Lipinski definition) is 0. The van der Waals surface area contributed by atoms with E-state index in [0.717, 1.165) is 0 Å². The first-order valence-corrected chi connectivity index (χ1v) is 12.2. The Kier molecular flexibility index (Phi) is 5.73. The van der Waals surface area contributed by atoms with Gasteiger partial charge in [-0.25, -0.2) is 4.79 Å². The summed E-state index contributed by atoms with van der Waals surface area (Å²) in [6.45, 7) is 11.2. The van der Waals surface area contributed by atoms with E-state index in [1.165, 1.54) is 0 Å². The lowest BCUT2D eigenvalue weighted by Gasteiger charge is -2.31. The minimum Gasteiger partial charge on any atom is -0.497 e. The largest absolute Gasteiger partial charge is 0.497 e. The number of nitriles is 1. The number of nitrogens with zero attached hydrogens (tertiary/aromatic N) is 1. The zero-order chi connectivity index (χ0) is 20.5. The Morgan fingerprint density at radius 3 is 2.26 bits per heavy atom. The van der Waals surface area contributed by atoms with E-state index in [2.05, 4.69) is 6.07 Å². The molecule has 1 aromatic rings. The van der Waals surface area contributed by atoms with Gasteiger partial charge in [-0.05, 0) is 64.7 Å². The van der Waals surface area contributed by atoms with Crippen LogP contribution in [0.2, 0.25) is 19.6 Å². The predicted molar refractivity (Wildman–Crippen MR) is 104 cm³/mol. The molecule has 0 spiro atoms. The summed E-state index contributed by atoms with van der Waals surface area (Å²) in [5, 5.41) is 9.95. The Bertz CT molecular complexity index is 781. The summed E-state index contributed by atoms with van der Waals surface area (Å²) >= 11 is 0. The molecule has 0 radical (unpaired) electrons. The molecule has 1 aliphatic rings. The lowest BCUT2D eigenvalue weighted by atomic mass is 9.95. The molecule has 0 N–H and O–H groups in total. The summed E-state index contributed by atoms with van der Waals surface area (Å²) in [7, 11) is -0.593. The molecule has 7 heteroatoms. The van der Waals surface area contributed by atoms with E-state index in [0.29, 0.717) is 17.1 Å². The first-order chi connectivity index (χ1) is 12.4. The Hall–Kier alpha value is -2.30. The fourth-order valence-electron chi connectivity index (χ4n) is 2.77. The summed E-state index contributed by atoms with van der Waals surface area (Å²) in [6, 6.07) is 9.27. The topological polar surface area (TPSA) is 77.8 Å². The molecule has 2 rings (SSSR count). The van der Waals surface area contributed by atoms with Gasteiger partial charge in [-0.3, -0.25) is 0 Å². The van der Waals surface area contributed by atoms with Gasteiger partial charge in [0, 0.05) is 5.56 Å². The van der Waals surface area contributed by atoms with Gasteiger partial charge < -0.3 is 18.6 Å². The van der Waals surface area contributed by atoms with Gasteiger partial charge in [0.25, 0.3) is 0 Å². The molecule has 1 aliphatic heterocycles. The SMILES string of the molecule is COc1ccc(C2=C(C(=O)OC(C)(C)C)C(C#N)(O[Si](C)(C)C)CO2)cc1. The Labute approximate surface area is 161 Å². The Balaban J connectivity index is 2.61. The van der Waals surface area contributed by atoms with E-state index in [9.17, 15) is 10.1 Å². The number of methoxy groups -OCH3 is 1. The first kappa shape index (κ1) is 21.0. The van der Waals surface area contributed by atoms with Gasteiger partial charge in [0.2, 0.25) is 5.60 Å². The van der Waals surface area contributed by atoms with Crippen LogP contribution in [0.4, 0.5) is 0 Å². The third kappa shape index (κ3) is 4.90. The van der Waals surface area contributed by atoms with Crippen molar-refractivity contribution in [3.05, 3.63) is 35.4 Å². The standard InChI is InChI=1S/C20H27NO5Si/c1-19(2,3)25-18(22)16-17(14-8-10-15(23-4)11-9-14)24-13-20(16,12-21)26-27(5,6)7/h8-11H,13H2,1-7H3. The summed E-state index contributed by atoms with van der Waals surface area (Å²) in [4.78, 5) is 13.0. The van der Waals surface area contributed by atoms with E-state index in [1.54, 1.807) is 52.1 Å². The normalized spacial score (nSPS) is 20.1. The monoisotopic (exact) mass is 389 g/mol. The van der Waals surface area contributed by atoms with Gasteiger partial charge in [0.15, 0.2) is 8.32 Å². The second-order valence-electron chi connectivity index (χ2n) is 8.38. The van der Waals surface area contributed by atoms with Crippen LogP contribution in [0.5, 0.6) is 5.75 Å². The molecular formula is C20H27NO5Si. The maximum absolute atomic E-state index is 13.0. The molecule has 0 aromatic heterocycles. The summed E-state index contributed by atoms with van der Waals surface area (Å²) in [6.07, 6.45) is 0. The van der Waals surface area contributed by atoms with E-state index in [1.807, 2.05) is 19.6 Å². The average Bonchev–Trinajstić information content (AvgIpc) is 2.91. The highest BCUT2D eigenvalue weighted by atomic mass is 28.4. The van der Waals surface area contributed by atoms with Crippen molar-refractivity contribution < 1.29 is 23.4 Å². The second-order valence-corrected chi connectivity index (χ2v) is 12.8. The van der Waals surface area contributed by atoms with Crippen LogP contribution in [0.3, 0.4) is 0 Å². The highest BCUT2D eigenvalue weighted by Gasteiger charge is 2.52. The van der Waals surface area contributed by atoms with Gasteiger partial charge in [-0.2, -0.15) is 5.26 Å². The molecular weight excluding hydrogens is 362 g/mol. The van der Waals surface area contributed by atoms with Crippen LogP contribution in [0.25, 0.3) is 5.76 Å². The number of carbonyl (C=O) groups is 1. The Morgan fingerprint density at radius 2 is 1.81 bits per heavy atom. The van der Waals surface area contributed by atoms with Crippen molar-refractivity contribution in [3.8, 4) is 11.8 Å². The molecule has 146 valence electrons. The average molecular weight is 390 g/mol. The van der Waals surface area contributed by atoms with Crippen LogP contribution in [0.1, 0.15) is 26.3 Å². The summed E-state index contributed by atoms with van der Waals surface area (Å²) in [5.41, 5.74) is -1.42. The molecule has 0 saturated heterocycles. The second kappa shape index (κ2) is 7.37. The molecule has 27 heavy (non-hydrogen) atoms.